The van der Waals surface area contributed by atoms with Gasteiger partial charge in [0.05, 0.1) is 0 Å². The molecule has 2 aliphatic rings. The molecular weight excluding hydrogens is 187 g/mol. The Labute approximate surface area is 104 Å². The second-order valence-corrected chi connectivity index (χ2v) is 6.50. The molecule has 1 nitrogen and oxygen atoms in total. The van der Waals surface area contributed by atoms with Crippen LogP contribution in [0.5, 0.6) is 0 Å². The molecule has 0 aromatic heterocycles. The predicted octanol–water partition coefficient (Wildman–Crippen LogP) is 0.456. The van der Waals surface area contributed by atoms with Gasteiger partial charge in [-0.05, 0) is 29.4 Å². The molecule has 2 fully saturated rings. The van der Waals surface area contributed by atoms with Gasteiger partial charge in [-0.1, -0.05) is 27.2 Å². The topological polar surface area (TPSA) is 9.23 Å². The second-order valence-electron chi connectivity index (χ2n) is 5.02. The van der Waals surface area contributed by atoms with Crippen LogP contribution in [0.1, 0.15) is 40.0 Å². The minimum absolute atomic E-state index is 0. The molecule has 0 aromatic rings. The molecule has 0 spiro atoms. The van der Waals surface area contributed by atoms with Crippen LogP contribution in [0.25, 0.3) is 0 Å². The van der Waals surface area contributed by atoms with Crippen molar-refractivity contribution < 1.29 is 23.6 Å². The molecule has 1 saturated carbocycles. The van der Waals surface area contributed by atoms with Gasteiger partial charge >= 0.3 is 18.9 Å². The largest absolute Gasteiger partial charge is 1.00 e. The van der Waals surface area contributed by atoms with Crippen LogP contribution >= 0.6 is 11.8 Å². The smallest absolute Gasteiger partial charge is 0.539 e. The van der Waals surface area contributed by atoms with E-state index in [-0.39, 0.29) is 18.9 Å². The Morgan fingerprint density at radius 2 is 2.07 bits per heavy atom. The van der Waals surface area contributed by atoms with Gasteiger partial charge in [-0.15, -0.1) is 0 Å². The van der Waals surface area contributed by atoms with E-state index in [1.807, 2.05) is 17.7 Å². The van der Waals surface area contributed by atoms with Gasteiger partial charge in [0, 0.05) is 6.10 Å². The Balaban J connectivity index is 0.000000980. The third-order valence-corrected chi connectivity index (χ3v) is 4.65. The molecule has 0 amide bonds. The summed E-state index contributed by atoms with van der Waals surface area (Å²) in [6.07, 6.45) is 4.49. The van der Waals surface area contributed by atoms with E-state index >= 15 is 0 Å². The summed E-state index contributed by atoms with van der Waals surface area (Å²) in [7, 11) is 0. The van der Waals surface area contributed by atoms with E-state index in [0.717, 1.165) is 11.8 Å². The van der Waals surface area contributed by atoms with Crippen LogP contribution in [0.15, 0.2) is 0 Å². The minimum atomic E-state index is 0. The number of hydrogen-bond acceptors (Lipinski definition) is 2. The van der Waals surface area contributed by atoms with Crippen LogP contribution in [-0.4, -0.2) is 10.9 Å². The van der Waals surface area contributed by atoms with Gasteiger partial charge in [0.2, 0.25) is 0 Å². The Morgan fingerprint density at radius 1 is 1.36 bits per heavy atom. The summed E-state index contributed by atoms with van der Waals surface area (Å²) in [5.74, 6) is 3.58. The number of hydrogen-bond donors (Lipinski definition) is 0. The van der Waals surface area contributed by atoms with Crippen LogP contribution < -0.4 is 18.9 Å². The zero-order chi connectivity index (χ0) is 9.47. The van der Waals surface area contributed by atoms with E-state index in [1.54, 1.807) is 0 Å². The molecular formula is C11H19LiOS. The SMILES string of the molecule is C[C@@H]1CC[C@@H]2[C@@H](C1)O[CH-]SC2(C)C.[Li+]. The van der Waals surface area contributed by atoms with Gasteiger partial charge in [0.1, 0.15) is 0 Å². The van der Waals surface area contributed by atoms with Crippen LogP contribution in [0, 0.1) is 17.8 Å². The monoisotopic (exact) mass is 206 g/mol. The molecule has 14 heavy (non-hydrogen) atoms. The first kappa shape index (κ1) is 13.0. The maximum Gasteiger partial charge on any atom is 1.00 e. The summed E-state index contributed by atoms with van der Waals surface area (Å²) in [6, 6.07) is 0. The van der Waals surface area contributed by atoms with Crippen molar-refractivity contribution in [1.29, 1.82) is 0 Å². The molecule has 1 heterocycles. The Hall–Kier alpha value is 0.907. The summed E-state index contributed by atoms with van der Waals surface area (Å²) < 4.78 is 6.12. The predicted molar refractivity (Wildman–Crippen MR) is 57.3 cm³/mol. The average molecular weight is 206 g/mol. The van der Waals surface area contributed by atoms with Crippen molar-refractivity contribution in [1.82, 2.24) is 0 Å². The number of thioether (sulfide) groups is 1. The first-order valence-corrected chi connectivity index (χ1v) is 6.12. The molecule has 76 valence electrons. The fourth-order valence-electron chi connectivity index (χ4n) is 2.58. The molecule has 0 radical (unpaired) electrons. The molecule has 1 aliphatic carbocycles. The van der Waals surface area contributed by atoms with E-state index in [0.29, 0.717) is 10.9 Å². The van der Waals surface area contributed by atoms with E-state index in [9.17, 15) is 0 Å². The summed E-state index contributed by atoms with van der Waals surface area (Å²) in [6.45, 7) is 7.04. The number of ether oxygens (including phenoxy) is 1. The maximum absolute atomic E-state index is 5.73. The average Bonchev–Trinajstić information content (AvgIpc) is 2.02. The molecule has 0 bridgehead atoms. The molecule has 1 aliphatic heterocycles. The summed E-state index contributed by atoms with van der Waals surface area (Å²) in [5, 5.41) is 0. The van der Waals surface area contributed by atoms with Crippen LogP contribution in [0.4, 0.5) is 0 Å². The molecule has 0 aromatic carbocycles. The van der Waals surface area contributed by atoms with Crippen molar-refractivity contribution in [3.8, 4) is 0 Å². The number of rotatable bonds is 0. The van der Waals surface area contributed by atoms with Gasteiger partial charge in [-0.25, -0.2) is 0 Å². The summed E-state index contributed by atoms with van der Waals surface area (Å²) in [5.41, 5.74) is 0. The fraction of sp³-hybridized carbons (Fsp3) is 0.909. The van der Waals surface area contributed by atoms with Crippen LogP contribution in [0.3, 0.4) is 0 Å². The molecule has 2 rings (SSSR count). The van der Waals surface area contributed by atoms with Crippen molar-refractivity contribution in [2.45, 2.75) is 50.9 Å². The molecule has 1 saturated heterocycles. The first-order chi connectivity index (χ1) is 6.09. The van der Waals surface area contributed by atoms with E-state index in [1.165, 1.54) is 19.3 Å². The third-order valence-electron chi connectivity index (χ3n) is 3.53. The zero-order valence-electron chi connectivity index (χ0n) is 9.75. The van der Waals surface area contributed by atoms with Crippen molar-refractivity contribution in [2.24, 2.45) is 11.8 Å². The normalized spacial score (nSPS) is 40.9. The van der Waals surface area contributed by atoms with E-state index in [2.05, 4.69) is 20.8 Å². The van der Waals surface area contributed by atoms with Gasteiger partial charge in [-0.2, -0.15) is 5.94 Å². The standard InChI is InChI=1S/C11H19OS.Li/c1-8-4-5-9-10(6-8)12-7-13-11(9,2)3;/h7-10H,4-6H2,1-3H3;/q-1;+1/t8-,9-,10-;/m1./s1. The summed E-state index contributed by atoms with van der Waals surface area (Å²) in [4.78, 5) is 0. The van der Waals surface area contributed by atoms with Gasteiger partial charge < -0.3 is 16.5 Å². The van der Waals surface area contributed by atoms with Gasteiger partial charge in [0.25, 0.3) is 0 Å². The van der Waals surface area contributed by atoms with Crippen molar-refractivity contribution in [2.75, 3.05) is 0 Å². The van der Waals surface area contributed by atoms with Gasteiger partial charge in [0.15, 0.2) is 0 Å². The van der Waals surface area contributed by atoms with Crippen molar-refractivity contribution in [3.05, 3.63) is 5.94 Å². The zero-order valence-corrected chi connectivity index (χ0v) is 10.6. The molecule has 0 N–H and O–H groups in total. The Bertz CT molecular complexity index is 196. The minimum Gasteiger partial charge on any atom is -0.539 e. The van der Waals surface area contributed by atoms with Crippen LogP contribution in [-0.2, 0) is 4.74 Å². The Morgan fingerprint density at radius 3 is 2.79 bits per heavy atom. The molecule has 3 atom stereocenters. The van der Waals surface area contributed by atoms with E-state index in [4.69, 9.17) is 4.74 Å². The van der Waals surface area contributed by atoms with Gasteiger partial charge in [-0.3, -0.25) is 0 Å². The Kier molecular flexibility index (Phi) is 4.47. The van der Waals surface area contributed by atoms with Crippen molar-refractivity contribution >= 4 is 11.8 Å². The fourth-order valence-corrected chi connectivity index (χ4v) is 3.48. The van der Waals surface area contributed by atoms with Crippen molar-refractivity contribution in [3.63, 3.8) is 0 Å². The molecule has 3 heteroatoms. The quantitative estimate of drug-likeness (QED) is 0.420. The van der Waals surface area contributed by atoms with E-state index < -0.39 is 0 Å². The third kappa shape index (κ3) is 2.53. The molecule has 0 unspecified atom stereocenters. The maximum atomic E-state index is 5.73. The number of fused-ring (bicyclic) bond motifs is 1. The van der Waals surface area contributed by atoms with Crippen LogP contribution in [0.2, 0.25) is 0 Å². The second kappa shape index (κ2) is 4.83. The first-order valence-electron chi connectivity index (χ1n) is 5.24. The summed E-state index contributed by atoms with van der Waals surface area (Å²) >= 11 is 1.86.